The maximum Gasteiger partial charge on any atom is 0.261 e. The first-order valence-corrected chi connectivity index (χ1v) is 11.1. The fourth-order valence-electron chi connectivity index (χ4n) is 2.78. The number of ether oxygens (including phenoxy) is 1. The van der Waals surface area contributed by atoms with E-state index in [1.807, 2.05) is 51.1 Å². The van der Waals surface area contributed by atoms with Gasteiger partial charge in [0.05, 0.1) is 0 Å². The van der Waals surface area contributed by atoms with E-state index in [9.17, 15) is 9.59 Å². The third kappa shape index (κ3) is 7.03. The average Bonchev–Trinajstić information content (AvgIpc) is 2.71. The Morgan fingerprint density at radius 3 is 2.50 bits per heavy atom. The molecule has 0 aliphatic rings. The van der Waals surface area contributed by atoms with Crippen LogP contribution in [0.4, 0.5) is 0 Å². The molecule has 0 aromatic heterocycles. The highest BCUT2D eigenvalue weighted by Gasteiger charge is 2.27. The first kappa shape index (κ1) is 24.2. The molecule has 0 bridgehead atoms. The van der Waals surface area contributed by atoms with E-state index in [1.54, 1.807) is 19.1 Å². The number of nitrogens with zero attached hydrogens (tertiary/aromatic N) is 1. The van der Waals surface area contributed by atoms with Crippen LogP contribution in [-0.2, 0) is 16.1 Å². The van der Waals surface area contributed by atoms with Crippen LogP contribution in [0.5, 0.6) is 5.75 Å². The van der Waals surface area contributed by atoms with Crippen molar-refractivity contribution in [2.45, 2.75) is 40.3 Å². The monoisotopic (exact) mass is 494 g/mol. The second-order valence-electron chi connectivity index (χ2n) is 7.63. The van der Waals surface area contributed by atoms with Gasteiger partial charge in [0, 0.05) is 22.6 Å². The molecule has 162 valence electrons. The molecule has 7 heteroatoms. The molecule has 2 rings (SSSR count). The lowest BCUT2D eigenvalue weighted by molar-refractivity contribution is -0.142. The third-order valence-electron chi connectivity index (χ3n) is 4.64. The summed E-state index contributed by atoms with van der Waals surface area (Å²) < 4.78 is 6.67. The zero-order chi connectivity index (χ0) is 22.3. The van der Waals surface area contributed by atoms with Gasteiger partial charge < -0.3 is 15.0 Å². The molecule has 0 radical (unpaired) electrons. The highest BCUT2D eigenvalue weighted by molar-refractivity contribution is 9.10. The predicted molar refractivity (Wildman–Crippen MR) is 124 cm³/mol. The molecule has 0 fully saturated rings. The Morgan fingerprint density at radius 1 is 1.17 bits per heavy atom. The van der Waals surface area contributed by atoms with E-state index in [0.717, 1.165) is 15.6 Å². The standard InChI is InChI=1S/C23H28BrClN2O3/c1-15(2)12-26-23(29)17(4)27(13-18-7-5-6-8-21(18)25)22(28)14-30-19-9-10-20(24)16(3)11-19/h5-11,15,17H,12-14H2,1-4H3,(H,26,29)/t17-/m1/s1. The zero-order valence-corrected chi connectivity index (χ0v) is 20.1. The number of aryl methyl sites for hydroxylation is 1. The molecule has 0 unspecified atom stereocenters. The van der Waals surface area contributed by atoms with Crippen LogP contribution in [0.2, 0.25) is 5.02 Å². The van der Waals surface area contributed by atoms with Crippen LogP contribution in [0.25, 0.3) is 0 Å². The minimum absolute atomic E-state index is 0.173. The topological polar surface area (TPSA) is 58.6 Å². The number of amides is 2. The van der Waals surface area contributed by atoms with Crippen LogP contribution in [0.15, 0.2) is 46.9 Å². The van der Waals surface area contributed by atoms with E-state index in [2.05, 4.69) is 21.2 Å². The fourth-order valence-corrected chi connectivity index (χ4v) is 3.22. The van der Waals surface area contributed by atoms with Crippen molar-refractivity contribution in [3.05, 3.63) is 63.1 Å². The Kier molecular flexibility index (Phi) is 9.18. The summed E-state index contributed by atoms with van der Waals surface area (Å²) in [6, 6.07) is 12.2. The second-order valence-corrected chi connectivity index (χ2v) is 8.89. The van der Waals surface area contributed by atoms with Crippen LogP contribution in [0.3, 0.4) is 0 Å². The van der Waals surface area contributed by atoms with Gasteiger partial charge in [0.2, 0.25) is 5.91 Å². The molecule has 1 atom stereocenters. The van der Waals surface area contributed by atoms with Gasteiger partial charge in [-0.3, -0.25) is 9.59 Å². The van der Waals surface area contributed by atoms with Crippen LogP contribution >= 0.6 is 27.5 Å². The Balaban J connectivity index is 2.16. The number of halogens is 2. The lowest BCUT2D eigenvalue weighted by atomic mass is 10.1. The van der Waals surface area contributed by atoms with Gasteiger partial charge in [-0.2, -0.15) is 0 Å². The predicted octanol–water partition coefficient (Wildman–Crippen LogP) is 4.98. The van der Waals surface area contributed by atoms with Crippen molar-refractivity contribution in [2.75, 3.05) is 13.2 Å². The SMILES string of the molecule is Cc1cc(OCC(=O)N(Cc2ccccc2Cl)[C@H](C)C(=O)NCC(C)C)ccc1Br. The van der Waals surface area contributed by atoms with Crippen LogP contribution in [0.1, 0.15) is 31.9 Å². The Bertz CT molecular complexity index is 889. The number of carbonyl (C=O) groups is 2. The molecule has 0 heterocycles. The van der Waals surface area contributed by atoms with E-state index in [4.69, 9.17) is 16.3 Å². The normalized spacial score (nSPS) is 11.8. The van der Waals surface area contributed by atoms with Crippen LogP contribution < -0.4 is 10.1 Å². The summed E-state index contributed by atoms with van der Waals surface area (Å²) in [5.41, 5.74) is 1.78. The van der Waals surface area contributed by atoms with Crippen molar-refractivity contribution >= 4 is 39.3 Å². The summed E-state index contributed by atoms with van der Waals surface area (Å²) in [5.74, 6) is 0.419. The van der Waals surface area contributed by atoms with Crippen molar-refractivity contribution in [3.8, 4) is 5.75 Å². The van der Waals surface area contributed by atoms with Gasteiger partial charge in [0.1, 0.15) is 11.8 Å². The van der Waals surface area contributed by atoms with E-state index >= 15 is 0 Å². The first-order chi connectivity index (χ1) is 14.2. The summed E-state index contributed by atoms with van der Waals surface area (Å²) in [5, 5.41) is 3.44. The lowest BCUT2D eigenvalue weighted by Gasteiger charge is -2.29. The molecular weight excluding hydrogens is 468 g/mol. The van der Waals surface area contributed by atoms with Crippen molar-refractivity contribution < 1.29 is 14.3 Å². The number of carbonyl (C=O) groups excluding carboxylic acids is 2. The van der Waals surface area contributed by atoms with Gasteiger partial charge in [-0.15, -0.1) is 0 Å². The summed E-state index contributed by atoms with van der Waals surface area (Å²) in [7, 11) is 0. The maximum absolute atomic E-state index is 13.0. The Hall–Kier alpha value is -2.05. The highest BCUT2D eigenvalue weighted by atomic mass is 79.9. The maximum atomic E-state index is 13.0. The molecule has 0 aliphatic heterocycles. The first-order valence-electron chi connectivity index (χ1n) is 9.88. The number of nitrogens with one attached hydrogen (secondary N) is 1. The molecule has 2 amide bonds. The van der Waals surface area contributed by atoms with E-state index in [1.165, 1.54) is 4.90 Å². The third-order valence-corrected chi connectivity index (χ3v) is 5.90. The average molecular weight is 496 g/mol. The molecule has 0 spiro atoms. The smallest absolute Gasteiger partial charge is 0.261 e. The molecule has 1 N–H and O–H groups in total. The molecule has 2 aromatic carbocycles. The van der Waals surface area contributed by atoms with Gasteiger partial charge in [0.25, 0.3) is 5.91 Å². The minimum atomic E-state index is -0.664. The molecular formula is C23H28BrClN2O3. The molecule has 30 heavy (non-hydrogen) atoms. The highest BCUT2D eigenvalue weighted by Crippen LogP contribution is 2.22. The van der Waals surface area contributed by atoms with E-state index in [-0.39, 0.29) is 25.0 Å². The van der Waals surface area contributed by atoms with Gasteiger partial charge in [-0.25, -0.2) is 0 Å². The molecule has 2 aromatic rings. The summed E-state index contributed by atoms with van der Waals surface area (Å²) >= 11 is 9.74. The van der Waals surface area contributed by atoms with E-state index < -0.39 is 6.04 Å². The van der Waals surface area contributed by atoms with Crippen molar-refractivity contribution in [1.29, 1.82) is 0 Å². The summed E-state index contributed by atoms with van der Waals surface area (Å²) in [4.78, 5) is 27.2. The molecule has 0 saturated carbocycles. The Labute approximate surface area is 191 Å². The lowest BCUT2D eigenvalue weighted by Crippen LogP contribution is -2.49. The van der Waals surface area contributed by atoms with E-state index in [0.29, 0.717) is 23.2 Å². The van der Waals surface area contributed by atoms with Gasteiger partial charge in [-0.1, -0.05) is 59.6 Å². The zero-order valence-electron chi connectivity index (χ0n) is 17.7. The number of benzene rings is 2. The van der Waals surface area contributed by atoms with Crippen molar-refractivity contribution in [1.82, 2.24) is 10.2 Å². The quantitative estimate of drug-likeness (QED) is 0.534. The number of hydrogen-bond donors (Lipinski definition) is 1. The minimum Gasteiger partial charge on any atom is -0.484 e. The van der Waals surface area contributed by atoms with Crippen LogP contribution in [0, 0.1) is 12.8 Å². The van der Waals surface area contributed by atoms with Crippen molar-refractivity contribution in [3.63, 3.8) is 0 Å². The number of rotatable bonds is 9. The second kappa shape index (κ2) is 11.4. The summed E-state index contributed by atoms with van der Waals surface area (Å²) in [6.45, 7) is 8.30. The largest absolute Gasteiger partial charge is 0.484 e. The van der Waals surface area contributed by atoms with Gasteiger partial charge in [-0.05, 0) is 55.2 Å². The summed E-state index contributed by atoms with van der Waals surface area (Å²) in [6.07, 6.45) is 0. The van der Waals surface area contributed by atoms with Crippen molar-refractivity contribution in [2.24, 2.45) is 5.92 Å². The molecule has 0 saturated heterocycles. The fraction of sp³-hybridized carbons (Fsp3) is 0.391. The van der Waals surface area contributed by atoms with Crippen LogP contribution in [-0.4, -0.2) is 35.9 Å². The molecule has 5 nitrogen and oxygen atoms in total. The Morgan fingerprint density at radius 2 is 1.87 bits per heavy atom. The molecule has 0 aliphatic carbocycles. The number of hydrogen-bond acceptors (Lipinski definition) is 3. The van der Waals surface area contributed by atoms with Gasteiger partial charge >= 0.3 is 0 Å². The van der Waals surface area contributed by atoms with Gasteiger partial charge in [0.15, 0.2) is 6.61 Å².